The molecule has 3 nitrogen and oxygen atoms in total. The van der Waals surface area contributed by atoms with E-state index in [2.05, 4.69) is 142 Å². The average molecular weight is 905 g/mol. The van der Waals surface area contributed by atoms with Gasteiger partial charge in [-0.1, -0.05) is 122 Å². The number of thiophene rings is 1. The van der Waals surface area contributed by atoms with Crippen LogP contribution in [0.15, 0.2) is 115 Å². The fraction of sp³-hybridized carbons (Fsp3) is 0.224. The van der Waals surface area contributed by atoms with Crippen LogP contribution in [0, 0.1) is 39.1 Å². The van der Waals surface area contributed by atoms with Crippen LogP contribution in [0.25, 0.3) is 54.9 Å². The summed E-state index contributed by atoms with van der Waals surface area (Å²) < 4.78 is 25.4. The third kappa shape index (κ3) is 8.05. The van der Waals surface area contributed by atoms with E-state index in [9.17, 15) is 0 Å². The van der Waals surface area contributed by atoms with Crippen LogP contribution < -0.4 is 0 Å². The van der Waals surface area contributed by atoms with E-state index in [1.165, 1.54) is 66.3 Å². The molecule has 0 saturated heterocycles. The first kappa shape index (κ1) is 35.1. The van der Waals surface area contributed by atoms with E-state index >= 15 is 0 Å². The van der Waals surface area contributed by atoms with Crippen molar-refractivity contribution in [1.82, 2.24) is 14.5 Å². The van der Waals surface area contributed by atoms with Gasteiger partial charge in [-0.3, -0.25) is 16.3 Å². The molecule has 0 unspecified atom stereocenters. The summed E-state index contributed by atoms with van der Waals surface area (Å²) in [6, 6.07) is 40.6. The number of aryl methyl sites for hydroxylation is 4. The number of hydrogen-bond donors (Lipinski definition) is 0. The summed E-state index contributed by atoms with van der Waals surface area (Å²) in [6.07, 6.45) is 1.39. The van der Waals surface area contributed by atoms with Crippen molar-refractivity contribution in [2.45, 2.75) is 73.7 Å². The van der Waals surface area contributed by atoms with Gasteiger partial charge in [0, 0.05) is 37.0 Å². The molecule has 0 bridgehead atoms. The Morgan fingerprint density at radius 2 is 1.50 bits per heavy atom. The number of fused-ring (bicyclic) bond motifs is 2. The Morgan fingerprint density at radius 3 is 2.15 bits per heavy atom. The Bertz CT molecular complexity index is 2590. The summed E-state index contributed by atoms with van der Waals surface area (Å²) in [5.74, 6) is 1.89. The predicted molar refractivity (Wildman–Crippen MR) is 226 cm³/mol. The van der Waals surface area contributed by atoms with E-state index in [1.54, 1.807) is 29.5 Å². The van der Waals surface area contributed by atoms with E-state index in [4.69, 9.17) is 9.10 Å². The van der Waals surface area contributed by atoms with Gasteiger partial charge in [-0.15, -0.1) is 41.3 Å². The molecule has 0 aliphatic carbocycles. The summed E-state index contributed by atoms with van der Waals surface area (Å²) in [7, 11) is 0. The van der Waals surface area contributed by atoms with E-state index in [0.717, 1.165) is 34.7 Å². The maximum Gasteiger partial charge on any atom is 0.0770 e. The number of benzene rings is 5. The van der Waals surface area contributed by atoms with Crippen molar-refractivity contribution in [2.75, 3.05) is 0 Å². The molecule has 1 radical (unpaired) electrons. The van der Waals surface area contributed by atoms with Crippen molar-refractivity contribution in [3.05, 3.63) is 166 Å². The Labute approximate surface area is 342 Å². The molecule has 8 rings (SSSR count). The minimum absolute atomic E-state index is 0. The number of aromatic nitrogens is 3. The molecule has 0 fully saturated rings. The summed E-state index contributed by atoms with van der Waals surface area (Å²) in [6.45, 7) is 14.5. The van der Waals surface area contributed by atoms with Gasteiger partial charge in [-0.25, -0.2) is 0 Å². The van der Waals surface area contributed by atoms with Gasteiger partial charge in [0.15, 0.2) is 0 Å². The molecule has 54 heavy (non-hydrogen) atoms. The molecule has 8 aromatic rings. The van der Waals surface area contributed by atoms with Gasteiger partial charge in [0.25, 0.3) is 0 Å². The number of hydrogen-bond acceptors (Lipinski definition) is 3. The summed E-state index contributed by atoms with van der Waals surface area (Å²) in [4.78, 5) is 9.36. The van der Waals surface area contributed by atoms with Crippen molar-refractivity contribution >= 4 is 32.5 Å². The Morgan fingerprint density at radius 1 is 0.778 bits per heavy atom. The fourth-order valence-electron chi connectivity index (χ4n) is 7.51. The molecule has 0 aliphatic rings. The molecule has 0 aliphatic heterocycles. The summed E-state index contributed by atoms with van der Waals surface area (Å²) in [5.41, 5.74) is 15.9. The van der Waals surface area contributed by atoms with Crippen LogP contribution in [-0.2, 0) is 26.7 Å². The van der Waals surface area contributed by atoms with E-state index in [0.29, 0.717) is 11.8 Å². The average Bonchev–Trinajstić information content (AvgIpc) is 3.75. The molecule has 275 valence electrons. The first-order chi connectivity index (χ1) is 26.8. The number of pyridine rings is 1. The molecule has 0 N–H and O–H groups in total. The molecule has 0 spiro atoms. The normalized spacial score (nSPS) is 12.3. The van der Waals surface area contributed by atoms with Crippen LogP contribution in [0.1, 0.15) is 82.6 Å². The zero-order chi connectivity index (χ0) is 39.7. The molecule has 3 heterocycles. The van der Waals surface area contributed by atoms with E-state index in [-0.39, 0.29) is 25.7 Å². The van der Waals surface area contributed by atoms with Crippen LogP contribution in [-0.4, -0.2) is 14.5 Å². The van der Waals surface area contributed by atoms with Crippen LogP contribution in [0.4, 0.5) is 0 Å². The zero-order valence-electron chi connectivity index (χ0n) is 34.9. The smallest absolute Gasteiger partial charge is 0.0770 e. The minimum atomic E-state index is -2.09. The monoisotopic (exact) mass is 905 g/mol. The SMILES string of the molecule is Cc1cc(C)c(-c2ccc3s[c-]c(-c4nc5ccccc5n4Cc4c(C(C)C)cccc4C(C)C)c3c2)c(C)c1.[2H]C([2H])([2H])c1ccc(-c2[c-]cccc2)nc1.[Ir]. The van der Waals surface area contributed by atoms with E-state index < -0.39 is 6.85 Å². The molecule has 5 aromatic carbocycles. The van der Waals surface area contributed by atoms with Gasteiger partial charge in [0.1, 0.15) is 0 Å². The third-order valence-electron chi connectivity index (χ3n) is 9.91. The zero-order valence-corrected chi connectivity index (χ0v) is 35.1. The maximum atomic E-state index is 7.23. The minimum Gasteiger partial charge on any atom is -0.360 e. The van der Waals surface area contributed by atoms with Crippen molar-refractivity contribution < 1.29 is 24.2 Å². The van der Waals surface area contributed by atoms with Gasteiger partial charge in [0.05, 0.1) is 16.9 Å². The first-order valence-corrected chi connectivity index (χ1v) is 19.1. The maximum absolute atomic E-state index is 7.23. The molecule has 0 atom stereocenters. The third-order valence-corrected chi connectivity index (χ3v) is 10.8. The molecular formula is C49H47IrN3S-2. The van der Waals surface area contributed by atoms with Gasteiger partial charge >= 0.3 is 0 Å². The Hall–Kier alpha value is -4.67. The van der Waals surface area contributed by atoms with Gasteiger partial charge in [-0.2, -0.15) is 0 Å². The number of nitrogens with zero attached hydrogens (tertiary/aromatic N) is 3. The number of imidazole rings is 1. The van der Waals surface area contributed by atoms with Crippen LogP contribution in [0.2, 0.25) is 0 Å². The van der Waals surface area contributed by atoms with Gasteiger partial charge < -0.3 is 9.55 Å². The Kier molecular flexibility index (Phi) is 10.9. The van der Waals surface area contributed by atoms with Crippen LogP contribution in [0.3, 0.4) is 0 Å². The van der Waals surface area contributed by atoms with E-state index in [1.807, 2.05) is 18.2 Å². The second kappa shape index (κ2) is 16.8. The van der Waals surface area contributed by atoms with Crippen molar-refractivity contribution in [3.63, 3.8) is 0 Å². The molecule has 0 saturated carbocycles. The Balaban J connectivity index is 0.000000271. The van der Waals surface area contributed by atoms with Crippen molar-refractivity contribution in [1.29, 1.82) is 0 Å². The number of rotatable bonds is 7. The van der Waals surface area contributed by atoms with Crippen LogP contribution in [0.5, 0.6) is 0 Å². The molecule has 0 amide bonds. The second-order valence-corrected chi connectivity index (χ2v) is 15.4. The summed E-state index contributed by atoms with van der Waals surface area (Å²) in [5, 5.41) is 4.89. The second-order valence-electron chi connectivity index (χ2n) is 14.5. The molecule has 5 heteroatoms. The van der Waals surface area contributed by atoms with Gasteiger partial charge in [0.2, 0.25) is 0 Å². The predicted octanol–water partition coefficient (Wildman–Crippen LogP) is 13.5. The number of para-hydroxylation sites is 2. The van der Waals surface area contributed by atoms with Crippen molar-refractivity contribution in [3.8, 4) is 33.8 Å². The standard InChI is InChI=1S/C37H37N2S.C12H10N.Ir/c1-22(2)28-11-10-12-29(23(3)4)31(28)20-39-34-14-9-8-13-33(34)38-37(39)32-21-40-35-16-15-27(19-30(32)35)36-25(6)17-24(5)18-26(36)7;1-10-7-8-12(13-9-10)11-5-3-2-4-6-11;/h8-19,22-23H,20H2,1-7H3;2-5,7-9H,1H3;/q2*-1;/i;1D3;. The van der Waals surface area contributed by atoms with Gasteiger partial charge in [-0.05, 0) is 102 Å². The first-order valence-electron chi connectivity index (χ1n) is 19.8. The fourth-order valence-corrected chi connectivity index (χ4v) is 8.33. The topological polar surface area (TPSA) is 30.7 Å². The van der Waals surface area contributed by atoms with Crippen molar-refractivity contribution in [2.24, 2.45) is 0 Å². The summed E-state index contributed by atoms with van der Waals surface area (Å²) >= 11 is 1.69. The molecular weight excluding hydrogens is 855 g/mol. The largest absolute Gasteiger partial charge is 0.360 e. The quantitative estimate of drug-likeness (QED) is 0.149. The molecule has 3 aromatic heterocycles. The van der Waals surface area contributed by atoms with Crippen LogP contribution >= 0.6 is 11.3 Å².